The predicted molar refractivity (Wildman–Crippen MR) is 84.2 cm³/mol. The van der Waals surface area contributed by atoms with E-state index in [1.165, 1.54) is 6.33 Å². The lowest BCUT2D eigenvalue weighted by molar-refractivity contribution is 0.472. The Balaban J connectivity index is 1.88. The van der Waals surface area contributed by atoms with Gasteiger partial charge in [-0.15, -0.1) is 11.3 Å². The third-order valence-electron chi connectivity index (χ3n) is 3.11. The summed E-state index contributed by atoms with van der Waals surface area (Å²) in [6.45, 7) is 0. The molecule has 6 heteroatoms. The van der Waals surface area contributed by atoms with Crippen molar-refractivity contribution in [3.8, 4) is 11.6 Å². The van der Waals surface area contributed by atoms with Gasteiger partial charge < -0.3 is 4.74 Å². The minimum atomic E-state index is 0.524. The Morgan fingerprint density at radius 3 is 2.90 bits per heavy atom. The maximum atomic E-state index is 6.19. The zero-order valence-electron chi connectivity index (χ0n) is 10.7. The van der Waals surface area contributed by atoms with Gasteiger partial charge in [-0.3, -0.25) is 4.98 Å². The van der Waals surface area contributed by atoms with Crippen LogP contribution in [0.4, 0.5) is 0 Å². The number of pyridine rings is 1. The number of benzene rings is 1. The van der Waals surface area contributed by atoms with Crippen LogP contribution in [-0.4, -0.2) is 15.0 Å². The van der Waals surface area contributed by atoms with Crippen molar-refractivity contribution < 1.29 is 4.74 Å². The molecule has 0 spiro atoms. The second kappa shape index (κ2) is 4.95. The second-order valence-electron chi connectivity index (χ2n) is 4.37. The molecule has 0 radical (unpaired) electrons. The first kappa shape index (κ1) is 12.5. The van der Waals surface area contributed by atoms with Crippen molar-refractivity contribution in [2.24, 2.45) is 0 Å². The van der Waals surface area contributed by atoms with Crippen LogP contribution in [0.2, 0.25) is 5.02 Å². The summed E-state index contributed by atoms with van der Waals surface area (Å²) in [6.07, 6.45) is 3.21. The highest BCUT2D eigenvalue weighted by atomic mass is 35.5. The fourth-order valence-corrected chi connectivity index (χ4v) is 3.09. The number of fused-ring (bicyclic) bond motifs is 2. The molecule has 0 amide bonds. The standard InChI is InChI=1S/C15H8ClN3OS/c16-11-3-4-12(13-9(11)2-1-6-17-13)20-14-10-5-7-21-15(10)19-8-18-14/h1-8H. The largest absolute Gasteiger partial charge is 0.436 e. The van der Waals surface area contributed by atoms with Crippen LogP contribution in [0.1, 0.15) is 0 Å². The lowest BCUT2D eigenvalue weighted by Gasteiger charge is -2.08. The lowest BCUT2D eigenvalue weighted by atomic mass is 10.2. The SMILES string of the molecule is Clc1ccc(Oc2ncnc3sccc23)c2ncccc12. The van der Waals surface area contributed by atoms with Crippen molar-refractivity contribution >= 4 is 44.1 Å². The fourth-order valence-electron chi connectivity index (χ4n) is 2.15. The summed E-state index contributed by atoms with van der Waals surface area (Å²) in [5, 5.41) is 4.35. The van der Waals surface area contributed by atoms with Crippen LogP contribution in [0.5, 0.6) is 11.6 Å². The summed E-state index contributed by atoms with van der Waals surface area (Å²) >= 11 is 7.74. The molecule has 0 bridgehead atoms. The summed E-state index contributed by atoms with van der Waals surface area (Å²) in [5.74, 6) is 1.15. The van der Waals surface area contributed by atoms with Crippen LogP contribution in [-0.2, 0) is 0 Å². The van der Waals surface area contributed by atoms with Gasteiger partial charge in [0.05, 0.1) is 10.4 Å². The third-order valence-corrected chi connectivity index (χ3v) is 4.26. The molecule has 1 aromatic carbocycles. The molecule has 0 aliphatic carbocycles. The van der Waals surface area contributed by atoms with E-state index >= 15 is 0 Å². The molecule has 0 atom stereocenters. The predicted octanol–water partition coefficient (Wildman–Crippen LogP) is 4.69. The van der Waals surface area contributed by atoms with Crippen LogP contribution in [0.3, 0.4) is 0 Å². The lowest BCUT2D eigenvalue weighted by Crippen LogP contribution is -1.92. The number of hydrogen-bond donors (Lipinski definition) is 0. The van der Waals surface area contributed by atoms with E-state index in [1.54, 1.807) is 29.7 Å². The van der Waals surface area contributed by atoms with E-state index in [9.17, 15) is 0 Å². The highest BCUT2D eigenvalue weighted by Crippen LogP contribution is 2.34. The number of thiophene rings is 1. The van der Waals surface area contributed by atoms with E-state index in [2.05, 4.69) is 15.0 Å². The van der Waals surface area contributed by atoms with Gasteiger partial charge in [-0.1, -0.05) is 11.6 Å². The molecule has 0 saturated carbocycles. The van der Waals surface area contributed by atoms with Gasteiger partial charge in [0, 0.05) is 11.6 Å². The van der Waals surface area contributed by atoms with Gasteiger partial charge >= 0.3 is 0 Å². The van der Waals surface area contributed by atoms with Crippen molar-refractivity contribution in [1.82, 2.24) is 15.0 Å². The Labute approximate surface area is 129 Å². The van der Waals surface area contributed by atoms with E-state index < -0.39 is 0 Å². The summed E-state index contributed by atoms with van der Waals surface area (Å²) in [7, 11) is 0. The Morgan fingerprint density at radius 1 is 1.00 bits per heavy atom. The molecular weight excluding hydrogens is 306 g/mol. The molecule has 0 unspecified atom stereocenters. The van der Waals surface area contributed by atoms with Crippen molar-refractivity contribution in [2.45, 2.75) is 0 Å². The van der Waals surface area contributed by atoms with Crippen molar-refractivity contribution in [3.63, 3.8) is 0 Å². The first-order chi connectivity index (χ1) is 10.3. The number of aromatic nitrogens is 3. The molecule has 0 saturated heterocycles. The number of ether oxygens (including phenoxy) is 1. The molecule has 0 fully saturated rings. The van der Waals surface area contributed by atoms with Crippen molar-refractivity contribution in [2.75, 3.05) is 0 Å². The van der Waals surface area contributed by atoms with E-state index in [0.29, 0.717) is 22.2 Å². The number of rotatable bonds is 2. The van der Waals surface area contributed by atoms with Crippen LogP contribution in [0, 0.1) is 0 Å². The minimum absolute atomic E-state index is 0.524. The van der Waals surface area contributed by atoms with Crippen LogP contribution in [0.25, 0.3) is 21.1 Å². The average molecular weight is 314 g/mol. The van der Waals surface area contributed by atoms with Gasteiger partial charge in [0.15, 0.2) is 5.75 Å². The topological polar surface area (TPSA) is 47.9 Å². The summed E-state index contributed by atoms with van der Waals surface area (Å²) in [5.41, 5.74) is 0.715. The Bertz CT molecular complexity index is 954. The van der Waals surface area contributed by atoms with E-state index in [0.717, 1.165) is 15.6 Å². The van der Waals surface area contributed by atoms with Gasteiger partial charge in [-0.25, -0.2) is 9.97 Å². The smallest absolute Gasteiger partial charge is 0.231 e. The average Bonchev–Trinajstić information content (AvgIpc) is 3.00. The quantitative estimate of drug-likeness (QED) is 0.539. The van der Waals surface area contributed by atoms with Crippen molar-refractivity contribution in [3.05, 3.63) is 53.3 Å². The Hall–Kier alpha value is -2.24. The molecule has 4 rings (SSSR count). The Kier molecular flexibility index (Phi) is 2.94. The highest BCUT2D eigenvalue weighted by molar-refractivity contribution is 7.16. The molecule has 4 aromatic rings. The minimum Gasteiger partial charge on any atom is -0.436 e. The second-order valence-corrected chi connectivity index (χ2v) is 5.67. The first-order valence-corrected chi connectivity index (χ1v) is 7.48. The maximum Gasteiger partial charge on any atom is 0.231 e. The molecule has 21 heavy (non-hydrogen) atoms. The van der Waals surface area contributed by atoms with Gasteiger partial charge in [-0.05, 0) is 35.7 Å². The summed E-state index contributed by atoms with van der Waals surface area (Å²) in [4.78, 5) is 13.7. The normalized spacial score (nSPS) is 11.1. The maximum absolute atomic E-state index is 6.19. The molecular formula is C15H8ClN3OS. The molecule has 3 aromatic heterocycles. The van der Waals surface area contributed by atoms with E-state index in [4.69, 9.17) is 16.3 Å². The van der Waals surface area contributed by atoms with E-state index in [1.807, 2.05) is 23.6 Å². The Morgan fingerprint density at radius 2 is 1.95 bits per heavy atom. The van der Waals surface area contributed by atoms with Gasteiger partial charge in [0.1, 0.15) is 16.7 Å². The fraction of sp³-hybridized carbons (Fsp3) is 0. The number of nitrogens with zero attached hydrogens (tertiary/aromatic N) is 3. The number of halogens is 1. The molecule has 3 heterocycles. The van der Waals surface area contributed by atoms with E-state index in [-0.39, 0.29) is 0 Å². The monoisotopic (exact) mass is 313 g/mol. The zero-order valence-corrected chi connectivity index (χ0v) is 12.2. The molecule has 0 aliphatic heterocycles. The molecule has 4 nitrogen and oxygen atoms in total. The number of hydrogen-bond acceptors (Lipinski definition) is 5. The van der Waals surface area contributed by atoms with Gasteiger partial charge in [-0.2, -0.15) is 0 Å². The summed E-state index contributed by atoms with van der Waals surface area (Å²) in [6, 6.07) is 9.31. The third kappa shape index (κ3) is 2.11. The molecule has 0 aliphatic rings. The van der Waals surface area contributed by atoms with Crippen LogP contribution in [0.15, 0.2) is 48.2 Å². The zero-order chi connectivity index (χ0) is 14.2. The van der Waals surface area contributed by atoms with Crippen LogP contribution < -0.4 is 4.74 Å². The van der Waals surface area contributed by atoms with Crippen molar-refractivity contribution in [1.29, 1.82) is 0 Å². The van der Waals surface area contributed by atoms with Crippen LogP contribution >= 0.6 is 22.9 Å². The highest BCUT2D eigenvalue weighted by Gasteiger charge is 2.11. The molecule has 102 valence electrons. The first-order valence-electron chi connectivity index (χ1n) is 6.22. The molecule has 0 N–H and O–H groups in total. The summed E-state index contributed by atoms with van der Waals surface area (Å²) < 4.78 is 5.95. The van der Waals surface area contributed by atoms with Gasteiger partial charge in [0.2, 0.25) is 5.88 Å². The van der Waals surface area contributed by atoms with Gasteiger partial charge in [0.25, 0.3) is 0 Å².